The first-order chi connectivity index (χ1) is 14.3. The minimum atomic E-state index is -0.614. The molecule has 0 atom stereocenters. The van der Waals surface area contributed by atoms with Crippen LogP contribution in [0.4, 0.5) is 10.1 Å². The predicted molar refractivity (Wildman–Crippen MR) is 117 cm³/mol. The number of nitrogens with zero attached hydrogens (tertiary/aromatic N) is 2. The number of benzene rings is 2. The highest BCUT2D eigenvalue weighted by molar-refractivity contribution is 9.10. The van der Waals surface area contributed by atoms with Crippen molar-refractivity contribution in [2.45, 2.75) is 18.5 Å². The van der Waals surface area contributed by atoms with E-state index in [9.17, 15) is 14.0 Å². The van der Waals surface area contributed by atoms with Gasteiger partial charge in [-0.1, -0.05) is 39.7 Å². The van der Waals surface area contributed by atoms with Gasteiger partial charge in [0.15, 0.2) is 0 Å². The molecule has 30 heavy (non-hydrogen) atoms. The molecule has 2 aromatic rings. The van der Waals surface area contributed by atoms with Crippen molar-refractivity contribution in [2.75, 3.05) is 25.0 Å². The molecular formula is C21H19BrClFN4O2. The zero-order chi connectivity index (χ0) is 21.3. The van der Waals surface area contributed by atoms with Gasteiger partial charge < -0.3 is 10.6 Å². The minimum absolute atomic E-state index is 0.0378. The summed E-state index contributed by atoms with van der Waals surface area (Å²) in [5, 5.41) is 5.71. The molecule has 0 saturated carbocycles. The van der Waals surface area contributed by atoms with E-state index in [4.69, 9.17) is 16.6 Å². The van der Waals surface area contributed by atoms with E-state index in [-0.39, 0.29) is 23.4 Å². The molecule has 2 aliphatic heterocycles. The largest absolute Gasteiger partial charge is 0.326 e. The van der Waals surface area contributed by atoms with E-state index in [2.05, 4.69) is 26.6 Å². The number of piperidine rings is 1. The van der Waals surface area contributed by atoms with E-state index in [0.29, 0.717) is 37.3 Å². The Kier molecular flexibility index (Phi) is 5.90. The fraction of sp³-hybridized carbons (Fsp3) is 0.286. The summed E-state index contributed by atoms with van der Waals surface area (Å²) in [5.41, 5.74) is 1.07. The van der Waals surface area contributed by atoms with E-state index >= 15 is 0 Å². The first-order valence-electron chi connectivity index (χ1n) is 9.49. The summed E-state index contributed by atoms with van der Waals surface area (Å²) in [7, 11) is 0. The van der Waals surface area contributed by atoms with E-state index in [1.165, 1.54) is 18.2 Å². The standard InChI is InChI=1S/C21H19BrClFN4O2/c22-14-3-1-13(2-4-14)19-20(30)27-21(26-19)7-9-28(10-8-21)12-18(29)25-15-5-6-17(24)16(23)11-15/h1-6,11H,7-10,12H2,(H,25,29)(H,27,30). The van der Waals surface area contributed by atoms with Gasteiger partial charge in [-0.25, -0.2) is 4.39 Å². The van der Waals surface area contributed by atoms with E-state index in [1.54, 1.807) is 0 Å². The average Bonchev–Trinajstić information content (AvgIpc) is 3.03. The van der Waals surface area contributed by atoms with Gasteiger partial charge in [0.05, 0.1) is 11.6 Å². The molecule has 4 rings (SSSR count). The van der Waals surface area contributed by atoms with Gasteiger partial charge in [-0.2, -0.15) is 0 Å². The zero-order valence-corrected chi connectivity index (χ0v) is 18.3. The summed E-state index contributed by atoms with van der Waals surface area (Å²) in [5.74, 6) is -0.905. The smallest absolute Gasteiger partial charge is 0.272 e. The van der Waals surface area contributed by atoms with Crippen LogP contribution in [0.15, 0.2) is 51.9 Å². The van der Waals surface area contributed by atoms with Crippen LogP contribution < -0.4 is 10.6 Å². The van der Waals surface area contributed by atoms with Crippen LogP contribution in [0.1, 0.15) is 18.4 Å². The van der Waals surface area contributed by atoms with Crippen LogP contribution in [-0.4, -0.2) is 47.7 Å². The van der Waals surface area contributed by atoms with Crippen molar-refractivity contribution in [3.8, 4) is 0 Å². The number of nitrogens with one attached hydrogen (secondary N) is 2. The van der Waals surface area contributed by atoms with Crippen LogP contribution in [0.2, 0.25) is 5.02 Å². The molecule has 2 aliphatic rings. The summed E-state index contributed by atoms with van der Waals surface area (Å²) >= 11 is 9.14. The maximum Gasteiger partial charge on any atom is 0.272 e. The molecule has 1 saturated heterocycles. The van der Waals surface area contributed by atoms with Crippen molar-refractivity contribution in [1.82, 2.24) is 10.2 Å². The number of hydrogen-bond acceptors (Lipinski definition) is 4. The Labute approximate surface area is 186 Å². The Morgan fingerprint density at radius 2 is 1.93 bits per heavy atom. The van der Waals surface area contributed by atoms with Crippen molar-refractivity contribution < 1.29 is 14.0 Å². The number of carbonyl (C=O) groups is 2. The molecule has 0 aliphatic carbocycles. The van der Waals surface area contributed by atoms with Crippen LogP contribution in [0, 0.1) is 5.82 Å². The SMILES string of the molecule is O=C(CN1CCC2(CC1)N=C(c1ccc(Br)cc1)C(=O)N2)Nc1ccc(F)c(Cl)c1. The minimum Gasteiger partial charge on any atom is -0.326 e. The molecule has 156 valence electrons. The molecule has 0 aromatic heterocycles. The summed E-state index contributed by atoms with van der Waals surface area (Å²) in [6.07, 6.45) is 1.24. The second-order valence-corrected chi connectivity index (χ2v) is 8.73. The van der Waals surface area contributed by atoms with Crippen molar-refractivity contribution >= 4 is 50.7 Å². The molecule has 2 aromatic carbocycles. The molecule has 2 amide bonds. The molecule has 1 spiro atoms. The van der Waals surface area contributed by atoms with Crippen LogP contribution in [0.3, 0.4) is 0 Å². The quantitative estimate of drug-likeness (QED) is 0.684. The lowest BCUT2D eigenvalue weighted by Gasteiger charge is -2.36. The monoisotopic (exact) mass is 492 g/mol. The Morgan fingerprint density at radius 3 is 2.60 bits per heavy atom. The third-order valence-corrected chi connectivity index (χ3v) is 6.08. The van der Waals surface area contributed by atoms with E-state index in [0.717, 1.165) is 10.0 Å². The third kappa shape index (κ3) is 4.55. The first kappa shape index (κ1) is 21.0. The van der Waals surface area contributed by atoms with Gasteiger partial charge in [-0.3, -0.25) is 19.5 Å². The van der Waals surface area contributed by atoms with Gasteiger partial charge in [0.1, 0.15) is 17.2 Å². The highest BCUT2D eigenvalue weighted by Gasteiger charge is 2.42. The molecule has 1 fully saturated rings. The maximum atomic E-state index is 13.2. The normalized spacial score (nSPS) is 18.2. The molecular weight excluding hydrogens is 475 g/mol. The summed E-state index contributed by atoms with van der Waals surface area (Å²) in [6, 6.07) is 11.6. The zero-order valence-electron chi connectivity index (χ0n) is 15.9. The Balaban J connectivity index is 1.35. The predicted octanol–water partition coefficient (Wildman–Crippen LogP) is 3.59. The maximum absolute atomic E-state index is 13.2. The highest BCUT2D eigenvalue weighted by Crippen LogP contribution is 2.29. The molecule has 2 heterocycles. The molecule has 0 bridgehead atoms. The Morgan fingerprint density at radius 1 is 1.23 bits per heavy atom. The van der Waals surface area contributed by atoms with Crippen LogP contribution in [0.25, 0.3) is 0 Å². The van der Waals surface area contributed by atoms with E-state index in [1.807, 2.05) is 29.2 Å². The van der Waals surface area contributed by atoms with Crippen molar-refractivity contribution in [3.63, 3.8) is 0 Å². The molecule has 2 N–H and O–H groups in total. The summed E-state index contributed by atoms with van der Waals surface area (Å²) < 4.78 is 14.2. The second kappa shape index (κ2) is 8.45. The van der Waals surface area contributed by atoms with Crippen molar-refractivity contribution in [1.29, 1.82) is 0 Å². The molecule has 9 heteroatoms. The average molecular weight is 494 g/mol. The van der Waals surface area contributed by atoms with Gasteiger partial charge in [0.25, 0.3) is 5.91 Å². The number of halogens is 3. The van der Waals surface area contributed by atoms with Crippen molar-refractivity contribution in [3.05, 3.63) is 63.3 Å². The Hall–Kier alpha value is -2.29. The first-order valence-corrected chi connectivity index (χ1v) is 10.7. The second-order valence-electron chi connectivity index (χ2n) is 7.41. The van der Waals surface area contributed by atoms with Gasteiger partial charge in [-0.15, -0.1) is 0 Å². The van der Waals surface area contributed by atoms with Gasteiger partial charge in [0, 0.05) is 41.7 Å². The number of rotatable bonds is 4. The number of carbonyl (C=O) groups excluding carboxylic acids is 2. The van der Waals surface area contributed by atoms with Crippen LogP contribution in [-0.2, 0) is 9.59 Å². The Bertz CT molecular complexity index is 1020. The number of aliphatic imine (C=N–C) groups is 1. The van der Waals surface area contributed by atoms with Crippen molar-refractivity contribution in [2.24, 2.45) is 4.99 Å². The third-order valence-electron chi connectivity index (χ3n) is 5.26. The molecule has 0 unspecified atom stereocenters. The number of anilines is 1. The summed E-state index contributed by atoms with van der Waals surface area (Å²) in [6.45, 7) is 1.44. The lowest BCUT2D eigenvalue weighted by Crippen LogP contribution is -2.52. The van der Waals surface area contributed by atoms with Gasteiger partial charge in [-0.05, 0) is 30.3 Å². The summed E-state index contributed by atoms with van der Waals surface area (Å²) in [4.78, 5) is 31.5. The number of hydrogen-bond donors (Lipinski definition) is 2. The van der Waals surface area contributed by atoms with E-state index < -0.39 is 11.5 Å². The van der Waals surface area contributed by atoms with Gasteiger partial charge in [0.2, 0.25) is 5.91 Å². The molecule has 6 nitrogen and oxygen atoms in total. The topological polar surface area (TPSA) is 73.8 Å². The lowest BCUT2D eigenvalue weighted by molar-refractivity contribution is -0.119. The highest BCUT2D eigenvalue weighted by atomic mass is 79.9. The van der Waals surface area contributed by atoms with Gasteiger partial charge >= 0.3 is 0 Å². The fourth-order valence-corrected chi connectivity index (χ4v) is 4.11. The number of likely N-dealkylation sites (tertiary alicyclic amines) is 1. The van der Waals surface area contributed by atoms with Crippen LogP contribution in [0.5, 0.6) is 0 Å². The van der Waals surface area contributed by atoms with Crippen LogP contribution >= 0.6 is 27.5 Å². The number of amides is 2. The molecule has 0 radical (unpaired) electrons. The fourth-order valence-electron chi connectivity index (χ4n) is 3.66. The lowest BCUT2D eigenvalue weighted by atomic mass is 9.98.